The van der Waals surface area contributed by atoms with Crippen molar-refractivity contribution in [3.8, 4) is 0 Å². The smallest absolute Gasteiger partial charge is 0.272 e. The van der Waals surface area contributed by atoms with Gasteiger partial charge < -0.3 is 14.5 Å². The van der Waals surface area contributed by atoms with E-state index in [0.29, 0.717) is 18.2 Å². The number of amides is 1. The van der Waals surface area contributed by atoms with Crippen molar-refractivity contribution in [2.24, 2.45) is 0 Å². The third-order valence-corrected chi connectivity index (χ3v) is 6.12. The number of imidazole rings is 1. The fourth-order valence-electron chi connectivity index (χ4n) is 3.59. The number of morpholine rings is 1. The van der Waals surface area contributed by atoms with E-state index in [1.165, 1.54) is 0 Å². The van der Waals surface area contributed by atoms with E-state index >= 15 is 0 Å². The molecule has 146 valence electrons. The molecular formula is C20H23N5O2S. The van der Waals surface area contributed by atoms with Gasteiger partial charge in [-0.2, -0.15) is 0 Å². The number of rotatable bonds is 6. The second-order valence-electron chi connectivity index (χ2n) is 7.35. The summed E-state index contributed by atoms with van der Waals surface area (Å²) in [6.45, 7) is 4.73. The molecule has 4 heterocycles. The molecule has 2 aliphatic rings. The first kappa shape index (κ1) is 17.8. The summed E-state index contributed by atoms with van der Waals surface area (Å²) >= 11 is 1.59. The van der Waals surface area contributed by atoms with Crippen LogP contribution in [0.3, 0.4) is 0 Å². The summed E-state index contributed by atoms with van der Waals surface area (Å²) in [5.41, 5.74) is 2.43. The fraction of sp³-hybridized carbons (Fsp3) is 0.450. The Morgan fingerprint density at radius 1 is 1.25 bits per heavy atom. The first-order valence-corrected chi connectivity index (χ1v) is 10.6. The van der Waals surface area contributed by atoms with E-state index in [1.54, 1.807) is 11.3 Å². The number of nitrogens with one attached hydrogen (secondary N) is 1. The Bertz CT molecular complexity index is 988. The maximum atomic E-state index is 12.8. The average Bonchev–Trinajstić information content (AvgIpc) is 3.35. The maximum Gasteiger partial charge on any atom is 0.272 e. The van der Waals surface area contributed by atoms with Crippen LogP contribution in [0.25, 0.3) is 5.52 Å². The predicted octanol–water partition coefficient (Wildman–Crippen LogP) is 2.43. The van der Waals surface area contributed by atoms with Crippen LogP contribution < -0.4 is 5.32 Å². The molecule has 2 fully saturated rings. The van der Waals surface area contributed by atoms with Crippen molar-refractivity contribution in [3.05, 3.63) is 52.0 Å². The third kappa shape index (κ3) is 3.67. The van der Waals surface area contributed by atoms with Gasteiger partial charge in [0.05, 0.1) is 31.0 Å². The van der Waals surface area contributed by atoms with Gasteiger partial charge in [-0.25, -0.2) is 9.97 Å². The summed E-state index contributed by atoms with van der Waals surface area (Å²) in [6, 6.07) is 5.88. The minimum Gasteiger partial charge on any atom is -0.379 e. The normalized spacial score (nSPS) is 17.9. The van der Waals surface area contributed by atoms with Gasteiger partial charge in [0.1, 0.15) is 10.8 Å². The Morgan fingerprint density at radius 3 is 2.93 bits per heavy atom. The van der Waals surface area contributed by atoms with Crippen LogP contribution in [0.1, 0.15) is 45.8 Å². The molecule has 1 amide bonds. The Morgan fingerprint density at radius 2 is 2.11 bits per heavy atom. The largest absolute Gasteiger partial charge is 0.379 e. The highest BCUT2D eigenvalue weighted by molar-refractivity contribution is 7.09. The molecule has 1 aliphatic carbocycles. The molecule has 1 saturated carbocycles. The molecule has 28 heavy (non-hydrogen) atoms. The molecule has 0 radical (unpaired) electrons. The molecule has 7 nitrogen and oxygen atoms in total. The molecule has 5 rings (SSSR count). The molecule has 3 aromatic heterocycles. The van der Waals surface area contributed by atoms with Crippen LogP contribution in [-0.4, -0.2) is 51.5 Å². The Kier molecular flexibility index (Phi) is 4.84. The topological polar surface area (TPSA) is 71.8 Å². The van der Waals surface area contributed by atoms with E-state index in [1.807, 2.05) is 24.4 Å². The van der Waals surface area contributed by atoms with Gasteiger partial charge in [0.2, 0.25) is 0 Å². The predicted molar refractivity (Wildman–Crippen MR) is 107 cm³/mol. The lowest BCUT2D eigenvalue weighted by molar-refractivity contribution is 0.0337. The van der Waals surface area contributed by atoms with E-state index < -0.39 is 0 Å². The Labute approximate surface area is 167 Å². The SMILES string of the molecule is O=C(NCc1nc(CN2CCOCC2)cs1)c1nc(C2CC2)n2ccccc12. The molecule has 0 atom stereocenters. The van der Waals surface area contributed by atoms with Crippen molar-refractivity contribution in [1.82, 2.24) is 24.6 Å². The number of ether oxygens (including phenoxy) is 1. The van der Waals surface area contributed by atoms with Crippen molar-refractivity contribution < 1.29 is 9.53 Å². The third-order valence-electron chi connectivity index (χ3n) is 5.22. The first-order chi connectivity index (χ1) is 13.8. The van der Waals surface area contributed by atoms with Crippen molar-refractivity contribution in [1.29, 1.82) is 0 Å². The van der Waals surface area contributed by atoms with Gasteiger partial charge in [-0.1, -0.05) is 6.07 Å². The van der Waals surface area contributed by atoms with Crippen LogP contribution >= 0.6 is 11.3 Å². The molecule has 1 saturated heterocycles. The minimum atomic E-state index is -0.138. The van der Waals surface area contributed by atoms with Gasteiger partial charge in [-0.3, -0.25) is 9.69 Å². The number of aromatic nitrogens is 3. The average molecular weight is 398 g/mol. The zero-order valence-electron chi connectivity index (χ0n) is 15.6. The lowest BCUT2D eigenvalue weighted by Crippen LogP contribution is -2.35. The molecule has 1 N–H and O–H groups in total. The lowest BCUT2D eigenvalue weighted by atomic mass is 10.3. The van der Waals surface area contributed by atoms with Crippen LogP contribution in [0.2, 0.25) is 0 Å². The van der Waals surface area contributed by atoms with Crippen LogP contribution in [0.4, 0.5) is 0 Å². The number of pyridine rings is 1. The second kappa shape index (κ2) is 7.62. The summed E-state index contributed by atoms with van der Waals surface area (Å²) in [6.07, 6.45) is 4.30. The number of nitrogens with zero attached hydrogens (tertiary/aromatic N) is 4. The Balaban J connectivity index is 1.25. The maximum absolute atomic E-state index is 12.8. The first-order valence-electron chi connectivity index (χ1n) is 9.76. The van der Waals surface area contributed by atoms with E-state index in [4.69, 9.17) is 4.74 Å². The number of carbonyl (C=O) groups excluding carboxylic acids is 1. The number of hydrogen-bond donors (Lipinski definition) is 1. The van der Waals surface area contributed by atoms with Crippen LogP contribution in [-0.2, 0) is 17.8 Å². The standard InChI is InChI=1S/C20H23N5O2S/c26-20(18-16-3-1-2-6-25(16)19(23-18)14-4-5-14)21-11-17-22-15(13-28-17)12-24-7-9-27-10-8-24/h1-3,6,13-14H,4-5,7-12H2,(H,21,26). The molecule has 0 spiro atoms. The van der Waals surface area contributed by atoms with Gasteiger partial charge in [0, 0.05) is 37.1 Å². The minimum absolute atomic E-state index is 0.138. The van der Waals surface area contributed by atoms with E-state index in [2.05, 4.69) is 30.0 Å². The van der Waals surface area contributed by atoms with E-state index in [-0.39, 0.29) is 5.91 Å². The zero-order valence-corrected chi connectivity index (χ0v) is 16.5. The summed E-state index contributed by atoms with van der Waals surface area (Å²) < 4.78 is 7.44. The number of fused-ring (bicyclic) bond motifs is 1. The van der Waals surface area contributed by atoms with Gasteiger partial charge in [0.25, 0.3) is 5.91 Å². The summed E-state index contributed by atoms with van der Waals surface area (Å²) in [7, 11) is 0. The van der Waals surface area contributed by atoms with Crippen molar-refractivity contribution in [3.63, 3.8) is 0 Å². The van der Waals surface area contributed by atoms with Crippen LogP contribution in [0, 0.1) is 0 Å². The molecular weight excluding hydrogens is 374 g/mol. The highest BCUT2D eigenvalue weighted by Gasteiger charge is 2.30. The van der Waals surface area contributed by atoms with Gasteiger partial charge in [0.15, 0.2) is 5.69 Å². The fourth-order valence-corrected chi connectivity index (χ4v) is 4.31. The molecule has 0 bridgehead atoms. The highest BCUT2D eigenvalue weighted by atomic mass is 32.1. The quantitative estimate of drug-likeness (QED) is 0.692. The zero-order chi connectivity index (χ0) is 18.9. The monoisotopic (exact) mass is 397 g/mol. The summed E-state index contributed by atoms with van der Waals surface area (Å²) in [4.78, 5) is 24.5. The van der Waals surface area contributed by atoms with Gasteiger partial charge in [-0.15, -0.1) is 11.3 Å². The summed E-state index contributed by atoms with van der Waals surface area (Å²) in [5.74, 6) is 1.35. The summed E-state index contributed by atoms with van der Waals surface area (Å²) in [5, 5.41) is 5.99. The number of thiazole rings is 1. The lowest BCUT2D eigenvalue weighted by Gasteiger charge is -2.25. The van der Waals surface area contributed by atoms with Gasteiger partial charge >= 0.3 is 0 Å². The van der Waals surface area contributed by atoms with Crippen molar-refractivity contribution in [2.45, 2.75) is 31.8 Å². The Hall–Kier alpha value is -2.29. The van der Waals surface area contributed by atoms with E-state index in [9.17, 15) is 4.79 Å². The molecule has 0 unspecified atom stereocenters. The molecule has 0 aromatic carbocycles. The van der Waals surface area contributed by atoms with Gasteiger partial charge in [-0.05, 0) is 25.0 Å². The number of carbonyl (C=O) groups is 1. The van der Waals surface area contributed by atoms with Crippen molar-refractivity contribution >= 4 is 22.8 Å². The molecule has 3 aromatic rings. The van der Waals surface area contributed by atoms with Crippen molar-refractivity contribution in [2.75, 3.05) is 26.3 Å². The molecule has 1 aliphatic heterocycles. The van der Waals surface area contributed by atoms with E-state index in [0.717, 1.165) is 67.7 Å². The molecule has 8 heteroatoms. The second-order valence-corrected chi connectivity index (χ2v) is 8.30. The number of hydrogen-bond acceptors (Lipinski definition) is 6. The van der Waals surface area contributed by atoms with Crippen LogP contribution in [0.5, 0.6) is 0 Å². The highest BCUT2D eigenvalue weighted by Crippen LogP contribution is 2.39. The van der Waals surface area contributed by atoms with Crippen LogP contribution in [0.15, 0.2) is 29.8 Å².